The van der Waals surface area contributed by atoms with Gasteiger partial charge < -0.3 is 9.47 Å². The van der Waals surface area contributed by atoms with Crippen LogP contribution in [-0.4, -0.2) is 14.2 Å². The van der Waals surface area contributed by atoms with E-state index in [1.165, 1.54) is 60.9 Å². The Bertz CT molecular complexity index is 2200. The van der Waals surface area contributed by atoms with E-state index in [9.17, 15) is 21.0 Å². The molecule has 7 rings (SSSR count). The van der Waals surface area contributed by atoms with Crippen LogP contribution in [0.3, 0.4) is 0 Å². The summed E-state index contributed by atoms with van der Waals surface area (Å²) in [6.45, 7) is 0. The average molecular weight is 679 g/mol. The molecule has 0 aromatic carbocycles. The molecule has 0 amide bonds. The summed E-state index contributed by atoms with van der Waals surface area (Å²) >= 11 is 8.58. The fourth-order valence-corrected chi connectivity index (χ4v) is 13.1. The van der Waals surface area contributed by atoms with Crippen LogP contribution in [0.4, 0.5) is 0 Å². The van der Waals surface area contributed by atoms with Crippen molar-refractivity contribution in [3.63, 3.8) is 0 Å². The van der Waals surface area contributed by atoms with E-state index in [-0.39, 0.29) is 16.6 Å². The first-order valence-electron chi connectivity index (χ1n) is 14.1. The van der Waals surface area contributed by atoms with E-state index < -0.39 is 0 Å². The molecule has 220 valence electrons. The summed E-state index contributed by atoms with van der Waals surface area (Å²) in [5, 5.41) is 37.0. The van der Waals surface area contributed by atoms with Gasteiger partial charge in [-0.3, -0.25) is 0 Å². The Morgan fingerprint density at radius 1 is 0.667 bits per heavy atom. The van der Waals surface area contributed by atoms with Gasteiger partial charge in [-0.2, -0.15) is 21.0 Å². The van der Waals surface area contributed by atoms with Gasteiger partial charge >= 0.3 is 0 Å². The zero-order chi connectivity index (χ0) is 31.3. The van der Waals surface area contributed by atoms with E-state index >= 15 is 0 Å². The summed E-state index contributed by atoms with van der Waals surface area (Å²) in [6.07, 6.45) is 9.11. The molecule has 0 bridgehead atoms. The van der Waals surface area contributed by atoms with Gasteiger partial charge in [-0.05, 0) is 54.8 Å². The number of thiophene rings is 5. The van der Waals surface area contributed by atoms with Gasteiger partial charge in [-0.15, -0.1) is 56.7 Å². The minimum absolute atomic E-state index is 0.0258. The van der Waals surface area contributed by atoms with Crippen molar-refractivity contribution in [2.24, 2.45) is 0 Å². The molecule has 1 fully saturated rings. The van der Waals surface area contributed by atoms with Crippen LogP contribution in [0.5, 0.6) is 11.5 Å². The molecule has 0 radical (unpaired) electrons. The molecule has 0 N–H and O–H groups in total. The number of hydrogen-bond donors (Lipinski definition) is 0. The first-order valence-corrected chi connectivity index (χ1v) is 18.2. The standard InChI is InChI=1S/C34H22N4O2S5/c1-39-23-10-20(8-18(14-35)15-36)41-30(23)25-12-22-29(43-25)33-28(34(22)6-4-3-5-7-34)32-27(45-33)13-26(44-32)31-24(40-2)11-21(42-31)9-19(16-37)17-38/h8-13H,3-7H2,1-2H3. The van der Waals surface area contributed by atoms with Crippen LogP contribution in [0.25, 0.3) is 50.8 Å². The number of rotatable bonds is 6. The first kappa shape index (κ1) is 29.5. The summed E-state index contributed by atoms with van der Waals surface area (Å²) in [5.74, 6) is 1.51. The Morgan fingerprint density at radius 3 is 1.76 bits per heavy atom. The first-order chi connectivity index (χ1) is 22.0. The van der Waals surface area contributed by atoms with Crippen molar-refractivity contribution in [3.05, 3.63) is 56.3 Å². The molecule has 0 atom stereocenters. The third kappa shape index (κ3) is 4.72. The highest BCUT2D eigenvalue weighted by Gasteiger charge is 2.48. The molecule has 5 aromatic heterocycles. The molecule has 0 saturated heterocycles. The van der Waals surface area contributed by atoms with Crippen molar-refractivity contribution in [3.8, 4) is 65.0 Å². The number of nitrogens with zero attached hydrogens (tertiary/aromatic N) is 4. The topological polar surface area (TPSA) is 114 Å². The highest BCUT2D eigenvalue weighted by atomic mass is 32.1. The lowest BCUT2D eigenvalue weighted by atomic mass is 9.68. The highest BCUT2D eigenvalue weighted by Crippen LogP contribution is 2.65. The Labute approximate surface area is 280 Å². The predicted octanol–water partition coefficient (Wildman–Crippen LogP) is 10.6. The molecule has 0 unspecified atom stereocenters. The summed E-state index contributed by atoms with van der Waals surface area (Å²) < 4.78 is 14.1. The van der Waals surface area contributed by atoms with E-state index in [0.717, 1.165) is 53.6 Å². The number of fused-ring (bicyclic) bond motifs is 7. The maximum Gasteiger partial charge on any atom is 0.138 e. The third-order valence-corrected chi connectivity index (χ3v) is 14.6. The molecule has 11 heteroatoms. The molecular weight excluding hydrogens is 657 g/mol. The fraction of sp³-hybridized carbons (Fsp3) is 0.235. The molecule has 5 aromatic rings. The Hall–Kier alpha value is -4.20. The summed E-state index contributed by atoms with van der Waals surface area (Å²) in [4.78, 5) is 8.69. The number of methoxy groups -OCH3 is 2. The van der Waals surface area contributed by atoms with Crippen LogP contribution in [0.1, 0.15) is 53.0 Å². The molecule has 1 spiro atoms. The second kappa shape index (κ2) is 11.6. The monoisotopic (exact) mass is 678 g/mol. The number of ether oxygens (including phenoxy) is 2. The van der Waals surface area contributed by atoms with Crippen LogP contribution in [0, 0.1) is 45.3 Å². The molecular formula is C34H22N4O2S5. The van der Waals surface area contributed by atoms with E-state index in [1.54, 1.807) is 37.7 Å². The second-order valence-electron chi connectivity index (χ2n) is 10.8. The van der Waals surface area contributed by atoms with Gasteiger partial charge in [0.25, 0.3) is 0 Å². The van der Waals surface area contributed by atoms with E-state index in [2.05, 4.69) is 12.1 Å². The van der Waals surface area contributed by atoms with E-state index in [1.807, 2.05) is 70.4 Å². The van der Waals surface area contributed by atoms with Crippen LogP contribution in [0.2, 0.25) is 0 Å². The normalized spacial score (nSPS) is 14.1. The van der Waals surface area contributed by atoms with Gasteiger partial charge in [-0.1, -0.05) is 19.3 Å². The van der Waals surface area contributed by atoms with Crippen LogP contribution >= 0.6 is 56.7 Å². The molecule has 45 heavy (non-hydrogen) atoms. The average Bonchev–Trinajstić information content (AvgIpc) is 3.90. The summed E-state index contributed by atoms with van der Waals surface area (Å²) in [7, 11) is 3.32. The Morgan fingerprint density at radius 2 is 1.22 bits per heavy atom. The highest BCUT2D eigenvalue weighted by molar-refractivity contribution is 7.34. The van der Waals surface area contributed by atoms with Crippen molar-refractivity contribution in [1.29, 1.82) is 21.0 Å². The number of allylic oxidation sites excluding steroid dienone is 2. The van der Waals surface area contributed by atoms with Crippen molar-refractivity contribution in [2.75, 3.05) is 14.2 Å². The number of nitriles is 4. The minimum Gasteiger partial charge on any atom is -0.495 e. The smallest absolute Gasteiger partial charge is 0.138 e. The van der Waals surface area contributed by atoms with Gasteiger partial charge in [0.1, 0.15) is 46.9 Å². The fourth-order valence-electron chi connectivity index (χ4n) is 6.47. The zero-order valence-electron chi connectivity index (χ0n) is 24.1. The van der Waals surface area contributed by atoms with Crippen LogP contribution in [-0.2, 0) is 5.41 Å². The van der Waals surface area contributed by atoms with Gasteiger partial charge in [0.15, 0.2) is 0 Å². The predicted molar refractivity (Wildman–Crippen MR) is 185 cm³/mol. The largest absolute Gasteiger partial charge is 0.495 e. The van der Waals surface area contributed by atoms with Gasteiger partial charge in [0, 0.05) is 35.2 Å². The molecule has 5 heterocycles. The van der Waals surface area contributed by atoms with Crippen molar-refractivity contribution in [1.82, 2.24) is 0 Å². The minimum atomic E-state index is -0.0258. The maximum absolute atomic E-state index is 9.26. The van der Waals surface area contributed by atoms with Crippen molar-refractivity contribution in [2.45, 2.75) is 37.5 Å². The summed E-state index contributed by atoms with van der Waals surface area (Å²) in [5.41, 5.74) is 3.02. The van der Waals surface area contributed by atoms with Gasteiger partial charge in [0.2, 0.25) is 0 Å². The van der Waals surface area contributed by atoms with Crippen molar-refractivity contribution < 1.29 is 9.47 Å². The van der Waals surface area contributed by atoms with Gasteiger partial charge in [0.05, 0.1) is 38.4 Å². The number of hydrogen-bond acceptors (Lipinski definition) is 11. The SMILES string of the molecule is COc1cc(C=C(C#N)C#N)sc1-c1cc2c(s1)-c1sc3cc(-c4sc(C=C(C#N)C#N)cc4OC)sc3c1C21CCCCC1. The second-order valence-corrected chi connectivity index (χ2v) is 16.1. The van der Waals surface area contributed by atoms with Crippen molar-refractivity contribution >= 4 is 78.2 Å². The zero-order valence-corrected chi connectivity index (χ0v) is 28.2. The molecule has 0 aliphatic heterocycles. The van der Waals surface area contributed by atoms with Crippen LogP contribution in [0.15, 0.2) is 35.4 Å². The maximum atomic E-state index is 9.26. The van der Waals surface area contributed by atoms with Gasteiger partial charge in [-0.25, -0.2) is 0 Å². The lowest BCUT2D eigenvalue weighted by molar-refractivity contribution is 0.356. The Balaban J connectivity index is 1.35. The quantitative estimate of drug-likeness (QED) is 0.165. The third-order valence-electron chi connectivity index (χ3n) is 8.38. The van der Waals surface area contributed by atoms with Crippen LogP contribution < -0.4 is 9.47 Å². The Kier molecular flexibility index (Phi) is 7.62. The molecule has 2 aliphatic rings. The lowest BCUT2D eigenvalue weighted by Crippen LogP contribution is -2.27. The summed E-state index contributed by atoms with van der Waals surface area (Å²) in [6, 6.07) is 16.2. The lowest BCUT2D eigenvalue weighted by Gasteiger charge is -2.35. The molecule has 1 saturated carbocycles. The molecule has 2 aliphatic carbocycles. The van der Waals surface area contributed by atoms with E-state index in [0.29, 0.717) is 0 Å². The molecule has 6 nitrogen and oxygen atoms in total. The van der Waals surface area contributed by atoms with E-state index in [4.69, 9.17) is 9.47 Å².